The van der Waals surface area contributed by atoms with Crippen LogP contribution in [0.4, 0.5) is 0 Å². The molecule has 0 aliphatic carbocycles. The van der Waals surface area contributed by atoms with E-state index in [2.05, 4.69) is 4.72 Å². The predicted molar refractivity (Wildman–Crippen MR) is 99.7 cm³/mol. The lowest BCUT2D eigenvalue weighted by atomic mass is 10.0. The second kappa shape index (κ2) is 10.3. The maximum Gasteiger partial charge on any atom is 0.240 e. The summed E-state index contributed by atoms with van der Waals surface area (Å²) in [6, 6.07) is 15.9. The van der Waals surface area contributed by atoms with Crippen LogP contribution >= 0.6 is 0 Å². The lowest BCUT2D eigenvalue weighted by Crippen LogP contribution is -2.31. The van der Waals surface area contributed by atoms with Crippen molar-refractivity contribution in [2.24, 2.45) is 5.92 Å². The van der Waals surface area contributed by atoms with Gasteiger partial charge in [-0.3, -0.25) is 0 Å². The number of rotatable bonds is 11. The van der Waals surface area contributed by atoms with E-state index in [1.807, 2.05) is 30.3 Å². The number of methoxy groups -OCH3 is 1. The van der Waals surface area contributed by atoms with Gasteiger partial charge < -0.3 is 14.6 Å². The van der Waals surface area contributed by atoms with Gasteiger partial charge in [0, 0.05) is 20.3 Å². The summed E-state index contributed by atoms with van der Waals surface area (Å²) in [6.07, 6.45) is 0.603. The van der Waals surface area contributed by atoms with E-state index in [0.29, 0.717) is 25.4 Å². The van der Waals surface area contributed by atoms with Gasteiger partial charge in [-0.2, -0.15) is 0 Å². The number of nitrogens with one attached hydrogen (secondary N) is 1. The minimum absolute atomic E-state index is 0.0936. The number of benzene rings is 2. The molecule has 2 rings (SSSR count). The molecule has 2 aromatic carbocycles. The van der Waals surface area contributed by atoms with Gasteiger partial charge in [-0.25, -0.2) is 13.1 Å². The molecule has 0 aliphatic rings. The van der Waals surface area contributed by atoms with Crippen LogP contribution in [-0.2, 0) is 21.2 Å². The first-order valence-corrected chi connectivity index (χ1v) is 9.89. The highest BCUT2D eigenvalue weighted by Gasteiger charge is 2.17. The van der Waals surface area contributed by atoms with Gasteiger partial charge >= 0.3 is 0 Å². The van der Waals surface area contributed by atoms with Gasteiger partial charge in [-0.15, -0.1) is 0 Å². The minimum Gasteiger partial charge on any atom is -0.491 e. The van der Waals surface area contributed by atoms with Gasteiger partial charge in [0.2, 0.25) is 10.0 Å². The van der Waals surface area contributed by atoms with Gasteiger partial charge in [-0.05, 0) is 42.2 Å². The Morgan fingerprint density at radius 1 is 1.04 bits per heavy atom. The maximum atomic E-state index is 12.4. The predicted octanol–water partition coefficient (Wildman–Crippen LogP) is 1.84. The molecule has 0 fully saturated rings. The van der Waals surface area contributed by atoms with Crippen LogP contribution in [0.15, 0.2) is 59.5 Å². The highest BCUT2D eigenvalue weighted by Crippen LogP contribution is 2.16. The Kier molecular flexibility index (Phi) is 8.06. The summed E-state index contributed by atoms with van der Waals surface area (Å²) >= 11 is 0. The molecule has 1 atom stereocenters. The SMILES string of the molecule is COCCOc1ccc(S(=O)(=O)NC[C@H](CO)Cc2ccccc2)cc1. The van der Waals surface area contributed by atoms with Crippen LogP contribution in [0.5, 0.6) is 5.75 Å². The Labute approximate surface area is 154 Å². The third kappa shape index (κ3) is 6.42. The maximum absolute atomic E-state index is 12.4. The zero-order valence-electron chi connectivity index (χ0n) is 14.8. The zero-order chi connectivity index (χ0) is 18.8. The van der Waals surface area contributed by atoms with Gasteiger partial charge in [0.15, 0.2) is 0 Å². The normalized spacial score (nSPS) is 12.7. The zero-order valence-corrected chi connectivity index (χ0v) is 15.6. The van der Waals surface area contributed by atoms with Crippen LogP contribution in [0.1, 0.15) is 5.56 Å². The molecule has 0 saturated heterocycles. The van der Waals surface area contributed by atoms with E-state index in [1.165, 1.54) is 12.1 Å². The number of hydrogen-bond donors (Lipinski definition) is 2. The van der Waals surface area contributed by atoms with Crippen molar-refractivity contribution < 1.29 is 23.0 Å². The summed E-state index contributed by atoms with van der Waals surface area (Å²) in [6.45, 7) is 0.938. The quantitative estimate of drug-likeness (QED) is 0.582. The lowest BCUT2D eigenvalue weighted by molar-refractivity contribution is 0.146. The van der Waals surface area contributed by atoms with Gasteiger partial charge in [0.05, 0.1) is 11.5 Å². The lowest BCUT2D eigenvalue weighted by Gasteiger charge is -2.15. The number of sulfonamides is 1. The van der Waals surface area contributed by atoms with Crippen LogP contribution in [0.3, 0.4) is 0 Å². The summed E-state index contributed by atoms with van der Waals surface area (Å²) in [5.41, 5.74) is 1.06. The molecule has 26 heavy (non-hydrogen) atoms. The van der Waals surface area contributed by atoms with E-state index in [9.17, 15) is 13.5 Å². The van der Waals surface area contributed by atoms with Crippen molar-refractivity contribution in [3.8, 4) is 5.75 Å². The molecule has 0 unspecified atom stereocenters. The van der Waals surface area contributed by atoms with Gasteiger partial charge in [-0.1, -0.05) is 30.3 Å². The Morgan fingerprint density at radius 3 is 2.35 bits per heavy atom. The highest BCUT2D eigenvalue weighted by atomic mass is 32.2. The summed E-state index contributed by atoms with van der Waals surface area (Å²) in [7, 11) is -2.06. The molecule has 2 N–H and O–H groups in total. The Bertz CT molecular complexity index is 747. The number of hydrogen-bond acceptors (Lipinski definition) is 5. The van der Waals surface area contributed by atoms with Crippen LogP contribution in [0.25, 0.3) is 0 Å². The monoisotopic (exact) mass is 379 g/mol. The summed E-state index contributed by atoms with van der Waals surface area (Å²) in [4.78, 5) is 0.160. The van der Waals surface area contributed by atoms with Crippen molar-refractivity contribution in [1.29, 1.82) is 0 Å². The largest absolute Gasteiger partial charge is 0.491 e. The van der Waals surface area contributed by atoms with E-state index in [1.54, 1.807) is 19.2 Å². The van der Waals surface area contributed by atoms with E-state index < -0.39 is 10.0 Å². The van der Waals surface area contributed by atoms with Crippen LogP contribution in [0.2, 0.25) is 0 Å². The minimum atomic E-state index is -3.64. The van der Waals surface area contributed by atoms with E-state index in [-0.39, 0.29) is 24.0 Å². The van der Waals surface area contributed by atoms with Crippen molar-refractivity contribution >= 4 is 10.0 Å². The van der Waals surface area contributed by atoms with Crippen LogP contribution in [0, 0.1) is 5.92 Å². The second-order valence-electron chi connectivity index (χ2n) is 5.90. The summed E-state index contributed by atoms with van der Waals surface area (Å²) in [5.74, 6) is 0.391. The summed E-state index contributed by atoms with van der Waals surface area (Å²) < 4.78 is 37.7. The molecule has 7 heteroatoms. The molecular formula is C19H25NO5S. The average molecular weight is 379 g/mol. The standard InChI is InChI=1S/C19H25NO5S/c1-24-11-12-25-18-7-9-19(10-8-18)26(22,23)20-14-17(15-21)13-16-5-3-2-4-6-16/h2-10,17,20-21H,11-15H2,1H3/t17-/m1/s1. The first-order valence-electron chi connectivity index (χ1n) is 8.41. The van der Waals surface area contributed by atoms with E-state index in [0.717, 1.165) is 5.56 Å². The Hall–Kier alpha value is -1.93. The topological polar surface area (TPSA) is 84.9 Å². The van der Waals surface area contributed by atoms with Crippen LogP contribution < -0.4 is 9.46 Å². The molecule has 0 amide bonds. The molecule has 0 bridgehead atoms. The Morgan fingerprint density at radius 2 is 1.73 bits per heavy atom. The highest BCUT2D eigenvalue weighted by molar-refractivity contribution is 7.89. The molecule has 0 aromatic heterocycles. The molecule has 0 radical (unpaired) electrons. The van der Waals surface area contributed by atoms with E-state index in [4.69, 9.17) is 9.47 Å². The van der Waals surface area contributed by atoms with Gasteiger partial charge in [0.25, 0.3) is 0 Å². The second-order valence-corrected chi connectivity index (χ2v) is 7.67. The Balaban J connectivity index is 1.92. The smallest absolute Gasteiger partial charge is 0.240 e. The fraction of sp³-hybridized carbons (Fsp3) is 0.368. The van der Waals surface area contributed by atoms with Crippen molar-refractivity contribution in [2.75, 3.05) is 33.5 Å². The first-order chi connectivity index (χ1) is 12.5. The van der Waals surface area contributed by atoms with Crippen molar-refractivity contribution in [3.05, 3.63) is 60.2 Å². The van der Waals surface area contributed by atoms with Gasteiger partial charge in [0.1, 0.15) is 12.4 Å². The third-order valence-electron chi connectivity index (χ3n) is 3.88. The molecule has 6 nitrogen and oxygen atoms in total. The van der Waals surface area contributed by atoms with Crippen LogP contribution in [-0.4, -0.2) is 47.0 Å². The number of ether oxygens (including phenoxy) is 2. The van der Waals surface area contributed by atoms with E-state index >= 15 is 0 Å². The van der Waals surface area contributed by atoms with Crippen molar-refractivity contribution in [2.45, 2.75) is 11.3 Å². The molecule has 0 saturated carbocycles. The van der Waals surface area contributed by atoms with Crippen molar-refractivity contribution in [1.82, 2.24) is 4.72 Å². The molecule has 2 aromatic rings. The molecule has 142 valence electrons. The van der Waals surface area contributed by atoms with Crippen molar-refractivity contribution in [3.63, 3.8) is 0 Å². The number of aliphatic hydroxyl groups excluding tert-OH is 1. The fourth-order valence-corrected chi connectivity index (χ4v) is 3.53. The third-order valence-corrected chi connectivity index (χ3v) is 5.32. The molecular weight excluding hydrogens is 354 g/mol. The first kappa shape index (κ1) is 20.4. The molecule has 0 heterocycles. The average Bonchev–Trinajstić information content (AvgIpc) is 2.66. The molecule has 0 aliphatic heterocycles. The number of aliphatic hydroxyl groups is 1. The summed E-state index contributed by atoms with van der Waals surface area (Å²) in [5, 5.41) is 9.53. The fourth-order valence-electron chi connectivity index (χ4n) is 2.42. The molecule has 0 spiro atoms.